The average Bonchev–Trinajstić information content (AvgIpc) is 3.00. The van der Waals surface area contributed by atoms with Gasteiger partial charge in [-0.1, -0.05) is 30.3 Å². The Kier molecular flexibility index (Phi) is 3.55. The predicted molar refractivity (Wildman–Crippen MR) is 82.7 cm³/mol. The highest BCUT2D eigenvalue weighted by Crippen LogP contribution is 2.21. The third-order valence-electron chi connectivity index (χ3n) is 3.16. The van der Waals surface area contributed by atoms with E-state index in [4.69, 9.17) is 10.2 Å². The van der Waals surface area contributed by atoms with Crippen LogP contribution in [0.2, 0.25) is 0 Å². The van der Waals surface area contributed by atoms with Gasteiger partial charge in [-0.05, 0) is 6.07 Å². The summed E-state index contributed by atoms with van der Waals surface area (Å²) < 4.78 is 5.08. The van der Waals surface area contributed by atoms with Crippen LogP contribution in [0.1, 0.15) is 5.56 Å². The van der Waals surface area contributed by atoms with Crippen LogP contribution in [0.15, 0.2) is 59.4 Å². The zero-order valence-electron chi connectivity index (χ0n) is 11.7. The van der Waals surface area contributed by atoms with Gasteiger partial charge in [-0.15, -0.1) is 0 Å². The van der Waals surface area contributed by atoms with Crippen LogP contribution in [0.5, 0.6) is 0 Å². The number of furan rings is 1. The quantitative estimate of drug-likeness (QED) is 0.795. The van der Waals surface area contributed by atoms with Gasteiger partial charge in [0.25, 0.3) is 0 Å². The fourth-order valence-corrected chi connectivity index (χ4v) is 2.10. The second kappa shape index (κ2) is 5.66. The summed E-state index contributed by atoms with van der Waals surface area (Å²) in [4.78, 5) is 10.9. The summed E-state index contributed by atoms with van der Waals surface area (Å²) in [7, 11) is 1.96. The normalized spacial score (nSPS) is 10.5. The second-order valence-electron chi connectivity index (χ2n) is 4.83. The molecule has 0 aliphatic carbocycles. The van der Waals surface area contributed by atoms with Crippen LogP contribution in [-0.4, -0.2) is 17.0 Å². The van der Waals surface area contributed by atoms with E-state index < -0.39 is 0 Å². The Hall–Kier alpha value is -2.82. The summed E-state index contributed by atoms with van der Waals surface area (Å²) >= 11 is 0. The molecule has 3 aromatic rings. The van der Waals surface area contributed by atoms with Crippen LogP contribution in [0.4, 0.5) is 11.6 Å². The molecule has 2 heterocycles. The molecule has 0 radical (unpaired) electrons. The van der Waals surface area contributed by atoms with E-state index in [1.54, 1.807) is 18.6 Å². The number of anilines is 2. The van der Waals surface area contributed by atoms with Crippen LogP contribution in [0, 0.1) is 0 Å². The summed E-state index contributed by atoms with van der Waals surface area (Å²) in [5, 5.41) is 0. The summed E-state index contributed by atoms with van der Waals surface area (Å²) in [6, 6.07) is 13.5. The highest BCUT2D eigenvalue weighted by Gasteiger charge is 2.09. The van der Waals surface area contributed by atoms with E-state index in [0.717, 1.165) is 16.9 Å². The molecule has 0 aliphatic heterocycles. The van der Waals surface area contributed by atoms with E-state index in [-0.39, 0.29) is 0 Å². The van der Waals surface area contributed by atoms with Crippen LogP contribution in [0.3, 0.4) is 0 Å². The monoisotopic (exact) mass is 280 g/mol. The van der Waals surface area contributed by atoms with Crippen molar-refractivity contribution in [3.05, 3.63) is 60.6 Å². The van der Waals surface area contributed by atoms with Crippen LogP contribution < -0.4 is 10.6 Å². The molecule has 0 amide bonds. The van der Waals surface area contributed by atoms with E-state index in [1.807, 2.05) is 48.3 Å². The van der Waals surface area contributed by atoms with Crippen molar-refractivity contribution in [2.45, 2.75) is 6.54 Å². The van der Waals surface area contributed by atoms with Crippen molar-refractivity contribution in [2.75, 3.05) is 17.7 Å². The maximum absolute atomic E-state index is 5.91. The minimum atomic E-state index is 0.456. The van der Waals surface area contributed by atoms with Crippen molar-refractivity contribution in [2.24, 2.45) is 0 Å². The molecule has 0 fully saturated rings. The van der Waals surface area contributed by atoms with Gasteiger partial charge in [-0.25, -0.2) is 9.97 Å². The zero-order valence-corrected chi connectivity index (χ0v) is 11.7. The minimum Gasteiger partial charge on any atom is -0.472 e. The molecule has 0 saturated heterocycles. The van der Waals surface area contributed by atoms with Crippen molar-refractivity contribution < 1.29 is 4.42 Å². The van der Waals surface area contributed by atoms with Gasteiger partial charge in [0.05, 0.1) is 12.5 Å². The molecular weight excluding hydrogens is 264 g/mol. The Morgan fingerprint density at radius 1 is 1.14 bits per heavy atom. The fourth-order valence-electron chi connectivity index (χ4n) is 2.10. The topological polar surface area (TPSA) is 68.2 Å². The van der Waals surface area contributed by atoms with Crippen molar-refractivity contribution in [3.8, 4) is 11.4 Å². The van der Waals surface area contributed by atoms with E-state index in [0.29, 0.717) is 18.2 Å². The lowest BCUT2D eigenvalue weighted by Gasteiger charge is -2.18. The summed E-state index contributed by atoms with van der Waals surface area (Å²) in [5.74, 6) is 1.87. The molecule has 5 nitrogen and oxygen atoms in total. The molecule has 0 aliphatic rings. The standard InChI is InChI=1S/C16H16N4O/c1-20(10-12-7-8-21-11-12)15-9-14(17)18-16(19-15)13-5-3-2-4-6-13/h2-9,11H,10H2,1H3,(H2,17,18,19). The third-order valence-corrected chi connectivity index (χ3v) is 3.16. The molecule has 2 N–H and O–H groups in total. The van der Waals surface area contributed by atoms with E-state index >= 15 is 0 Å². The van der Waals surface area contributed by atoms with Gasteiger partial charge in [-0.3, -0.25) is 0 Å². The third kappa shape index (κ3) is 3.02. The number of nitrogens with zero attached hydrogens (tertiary/aromatic N) is 3. The average molecular weight is 280 g/mol. The van der Waals surface area contributed by atoms with E-state index in [9.17, 15) is 0 Å². The number of benzene rings is 1. The molecule has 106 valence electrons. The Balaban J connectivity index is 1.90. The van der Waals surface area contributed by atoms with Crippen molar-refractivity contribution in [1.82, 2.24) is 9.97 Å². The number of nitrogens with two attached hydrogens (primary N) is 1. The minimum absolute atomic E-state index is 0.456. The number of aromatic nitrogens is 2. The van der Waals surface area contributed by atoms with Gasteiger partial charge in [0.1, 0.15) is 11.6 Å². The molecule has 21 heavy (non-hydrogen) atoms. The summed E-state index contributed by atoms with van der Waals surface area (Å²) in [6.07, 6.45) is 3.38. The lowest BCUT2D eigenvalue weighted by molar-refractivity contribution is 0.563. The van der Waals surface area contributed by atoms with Crippen molar-refractivity contribution in [1.29, 1.82) is 0 Å². The highest BCUT2D eigenvalue weighted by atomic mass is 16.3. The molecule has 1 aromatic carbocycles. The number of rotatable bonds is 4. The number of nitrogen functional groups attached to an aromatic ring is 1. The first-order valence-corrected chi connectivity index (χ1v) is 6.64. The van der Waals surface area contributed by atoms with Gasteiger partial charge in [-0.2, -0.15) is 0 Å². The van der Waals surface area contributed by atoms with Crippen LogP contribution in [-0.2, 0) is 6.54 Å². The smallest absolute Gasteiger partial charge is 0.163 e. The fraction of sp³-hybridized carbons (Fsp3) is 0.125. The first-order valence-electron chi connectivity index (χ1n) is 6.64. The Morgan fingerprint density at radius 2 is 1.95 bits per heavy atom. The van der Waals surface area contributed by atoms with Gasteiger partial charge in [0, 0.05) is 30.8 Å². The first-order chi connectivity index (χ1) is 10.2. The number of hydrogen-bond donors (Lipinski definition) is 1. The first kappa shape index (κ1) is 13.2. The highest BCUT2D eigenvalue weighted by molar-refractivity contribution is 5.60. The van der Waals surface area contributed by atoms with E-state index in [1.165, 1.54) is 0 Å². The lowest BCUT2D eigenvalue weighted by atomic mass is 10.2. The molecule has 5 heteroatoms. The summed E-state index contributed by atoms with van der Waals surface area (Å²) in [5.41, 5.74) is 7.94. The van der Waals surface area contributed by atoms with Gasteiger partial charge in [0.2, 0.25) is 0 Å². The summed E-state index contributed by atoms with van der Waals surface area (Å²) in [6.45, 7) is 0.696. The largest absolute Gasteiger partial charge is 0.472 e. The molecule has 0 saturated carbocycles. The molecule has 0 unspecified atom stereocenters. The maximum Gasteiger partial charge on any atom is 0.163 e. The van der Waals surface area contributed by atoms with Crippen LogP contribution in [0.25, 0.3) is 11.4 Å². The predicted octanol–water partition coefficient (Wildman–Crippen LogP) is 2.96. The zero-order chi connectivity index (χ0) is 14.7. The Bertz CT molecular complexity index is 710. The SMILES string of the molecule is CN(Cc1ccoc1)c1cc(N)nc(-c2ccccc2)n1. The second-order valence-corrected chi connectivity index (χ2v) is 4.83. The van der Waals surface area contributed by atoms with Gasteiger partial charge >= 0.3 is 0 Å². The van der Waals surface area contributed by atoms with E-state index in [2.05, 4.69) is 9.97 Å². The van der Waals surface area contributed by atoms with Gasteiger partial charge < -0.3 is 15.1 Å². The Labute approximate surface area is 123 Å². The molecule has 0 atom stereocenters. The molecular formula is C16H16N4O. The molecule has 2 aromatic heterocycles. The Morgan fingerprint density at radius 3 is 2.67 bits per heavy atom. The van der Waals surface area contributed by atoms with Crippen LogP contribution >= 0.6 is 0 Å². The molecule has 0 bridgehead atoms. The number of hydrogen-bond acceptors (Lipinski definition) is 5. The molecule has 0 spiro atoms. The molecule has 3 rings (SSSR count). The van der Waals surface area contributed by atoms with Gasteiger partial charge in [0.15, 0.2) is 5.82 Å². The van der Waals surface area contributed by atoms with Crippen molar-refractivity contribution >= 4 is 11.6 Å². The maximum atomic E-state index is 5.91. The lowest BCUT2D eigenvalue weighted by Crippen LogP contribution is -2.18. The van der Waals surface area contributed by atoms with Crippen molar-refractivity contribution in [3.63, 3.8) is 0 Å².